The molecule has 1 fully saturated rings. The van der Waals surface area contributed by atoms with Crippen molar-refractivity contribution in [1.82, 2.24) is 15.1 Å². The van der Waals surface area contributed by atoms with E-state index in [1.54, 1.807) is 30.0 Å². The maximum atomic E-state index is 14.9. The normalized spacial score (nSPS) is 20.7. The quantitative estimate of drug-likeness (QED) is 0.633. The van der Waals surface area contributed by atoms with Crippen molar-refractivity contribution < 1.29 is 18.7 Å². The molecule has 170 valence electrons. The van der Waals surface area contributed by atoms with Crippen molar-refractivity contribution in [3.05, 3.63) is 58.0 Å². The second-order valence-electron chi connectivity index (χ2n) is 7.98. The molecule has 3 aliphatic heterocycles. The molecule has 3 aliphatic rings. The monoisotopic (exact) mass is 458 g/mol. The van der Waals surface area contributed by atoms with Crippen molar-refractivity contribution in [3.8, 4) is 0 Å². The number of thioether (sulfide) groups is 1. The standard InChI is InChI=1S/C23H27FN4O3S/c1-15-20(22(30)31-2)21(17-7-3-4-8-18(17)24)28-16(14-32-23(28)26-15)13-19(29)25-9-12-27-10-5-6-11-27/h3-4,7-8,14,21H,5-6,9-13H2,1-2H3,(H,25,29). The van der Waals surface area contributed by atoms with Gasteiger partial charge in [0.2, 0.25) is 5.91 Å². The van der Waals surface area contributed by atoms with Gasteiger partial charge in [0, 0.05) is 24.4 Å². The topological polar surface area (TPSA) is 74.2 Å². The zero-order valence-corrected chi connectivity index (χ0v) is 19.1. The molecule has 0 aliphatic carbocycles. The minimum atomic E-state index is -0.755. The predicted molar refractivity (Wildman–Crippen MR) is 122 cm³/mol. The summed E-state index contributed by atoms with van der Waals surface area (Å²) < 4.78 is 19.8. The van der Waals surface area contributed by atoms with Crippen LogP contribution in [0.5, 0.6) is 0 Å². The molecule has 1 aromatic rings. The molecular weight excluding hydrogens is 431 g/mol. The third-order valence-electron chi connectivity index (χ3n) is 5.90. The van der Waals surface area contributed by atoms with E-state index in [1.165, 1.54) is 37.8 Å². The van der Waals surface area contributed by atoms with Gasteiger partial charge in [0.1, 0.15) is 5.82 Å². The molecule has 3 heterocycles. The molecule has 0 spiro atoms. The first-order valence-electron chi connectivity index (χ1n) is 10.8. The first-order chi connectivity index (χ1) is 15.5. The van der Waals surface area contributed by atoms with E-state index in [2.05, 4.69) is 15.2 Å². The van der Waals surface area contributed by atoms with Gasteiger partial charge >= 0.3 is 5.97 Å². The summed E-state index contributed by atoms with van der Waals surface area (Å²) in [6, 6.07) is 5.59. The molecule has 4 rings (SSSR count). The molecule has 7 nitrogen and oxygen atoms in total. The third-order valence-corrected chi connectivity index (χ3v) is 6.79. The number of nitrogens with zero attached hydrogens (tertiary/aromatic N) is 3. The van der Waals surface area contributed by atoms with Gasteiger partial charge in [-0.1, -0.05) is 30.0 Å². The Kier molecular flexibility index (Phi) is 6.95. The Morgan fingerprint density at radius 1 is 1.28 bits per heavy atom. The largest absolute Gasteiger partial charge is 0.466 e. The lowest BCUT2D eigenvalue weighted by molar-refractivity contribution is -0.136. The molecule has 0 saturated carbocycles. The van der Waals surface area contributed by atoms with Gasteiger partial charge in [-0.2, -0.15) is 0 Å². The second kappa shape index (κ2) is 9.87. The summed E-state index contributed by atoms with van der Waals surface area (Å²) in [6.07, 6.45) is 2.54. The molecule has 1 amide bonds. The van der Waals surface area contributed by atoms with Crippen LogP contribution < -0.4 is 5.32 Å². The van der Waals surface area contributed by atoms with E-state index in [0.29, 0.717) is 28.7 Å². The number of methoxy groups -OCH3 is 1. The van der Waals surface area contributed by atoms with Crippen LogP contribution >= 0.6 is 11.8 Å². The average molecular weight is 459 g/mol. The summed E-state index contributed by atoms with van der Waals surface area (Å²) in [6.45, 7) is 5.30. The number of rotatable bonds is 7. The summed E-state index contributed by atoms with van der Waals surface area (Å²) in [7, 11) is 1.30. The fourth-order valence-corrected chi connectivity index (χ4v) is 5.28. The van der Waals surface area contributed by atoms with Gasteiger partial charge < -0.3 is 19.9 Å². The van der Waals surface area contributed by atoms with Gasteiger partial charge in [0.15, 0.2) is 5.17 Å². The van der Waals surface area contributed by atoms with Crippen molar-refractivity contribution in [3.63, 3.8) is 0 Å². The number of carbonyl (C=O) groups is 2. The van der Waals surface area contributed by atoms with Gasteiger partial charge in [0.25, 0.3) is 0 Å². The van der Waals surface area contributed by atoms with Gasteiger partial charge in [-0.05, 0) is 44.3 Å². The van der Waals surface area contributed by atoms with Crippen LogP contribution in [-0.2, 0) is 14.3 Å². The molecule has 0 radical (unpaired) electrons. The summed E-state index contributed by atoms with van der Waals surface area (Å²) >= 11 is 1.37. The predicted octanol–water partition coefficient (Wildman–Crippen LogP) is 3.18. The van der Waals surface area contributed by atoms with Gasteiger partial charge in [-0.25, -0.2) is 14.2 Å². The lowest BCUT2D eigenvalue weighted by Crippen LogP contribution is -2.39. The Bertz CT molecular complexity index is 1000. The number of amidine groups is 1. The second-order valence-corrected chi connectivity index (χ2v) is 8.82. The van der Waals surface area contributed by atoms with Gasteiger partial charge in [-0.15, -0.1) is 0 Å². The molecule has 0 bridgehead atoms. The van der Waals surface area contributed by atoms with Crippen molar-refractivity contribution in [2.75, 3.05) is 33.3 Å². The number of nitrogens with one attached hydrogen (secondary N) is 1. The summed E-state index contributed by atoms with van der Waals surface area (Å²) in [4.78, 5) is 34.0. The number of allylic oxidation sites excluding steroid dienone is 1. The van der Waals surface area contributed by atoms with E-state index < -0.39 is 17.8 Å². The van der Waals surface area contributed by atoms with E-state index in [-0.39, 0.29) is 17.9 Å². The van der Waals surface area contributed by atoms with E-state index in [9.17, 15) is 14.0 Å². The lowest BCUT2D eigenvalue weighted by Gasteiger charge is -2.36. The Hall–Kier alpha value is -2.65. The zero-order valence-electron chi connectivity index (χ0n) is 18.3. The number of amides is 1. The Morgan fingerprint density at radius 3 is 2.75 bits per heavy atom. The van der Waals surface area contributed by atoms with Crippen LogP contribution in [0, 0.1) is 5.82 Å². The molecule has 1 atom stereocenters. The molecule has 1 saturated heterocycles. The minimum Gasteiger partial charge on any atom is -0.466 e. The maximum Gasteiger partial charge on any atom is 0.338 e. The van der Waals surface area contributed by atoms with E-state index >= 15 is 0 Å². The number of hydrogen-bond acceptors (Lipinski definition) is 7. The Balaban J connectivity index is 1.55. The van der Waals surface area contributed by atoms with Crippen molar-refractivity contribution >= 4 is 28.8 Å². The number of fused-ring (bicyclic) bond motifs is 1. The lowest BCUT2D eigenvalue weighted by atomic mass is 9.93. The van der Waals surface area contributed by atoms with Crippen LogP contribution in [0.1, 0.15) is 37.8 Å². The number of aliphatic imine (C=N–C) groups is 1. The zero-order chi connectivity index (χ0) is 22.7. The first kappa shape index (κ1) is 22.5. The highest BCUT2D eigenvalue weighted by atomic mass is 32.2. The van der Waals surface area contributed by atoms with Crippen LogP contribution in [-0.4, -0.2) is 60.1 Å². The highest BCUT2D eigenvalue weighted by molar-refractivity contribution is 8.16. The fourth-order valence-electron chi connectivity index (χ4n) is 4.32. The molecule has 0 aromatic heterocycles. The number of benzene rings is 1. The number of halogens is 1. The highest BCUT2D eigenvalue weighted by Gasteiger charge is 2.41. The molecule has 1 N–H and O–H groups in total. The van der Waals surface area contributed by atoms with Crippen LogP contribution in [0.2, 0.25) is 0 Å². The van der Waals surface area contributed by atoms with E-state index in [1.807, 2.05) is 5.41 Å². The number of esters is 1. The molecule has 1 unspecified atom stereocenters. The number of likely N-dealkylation sites (tertiary alicyclic amines) is 1. The van der Waals surface area contributed by atoms with Crippen molar-refractivity contribution in [1.29, 1.82) is 0 Å². The van der Waals surface area contributed by atoms with Crippen LogP contribution in [0.4, 0.5) is 4.39 Å². The van der Waals surface area contributed by atoms with Crippen LogP contribution in [0.3, 0.4) is 0 Å². The molecule has 32 heavy (non-hydrogen) atoms. The Labute approximate surface area is 191 Å². The minimum absolute atomic E-state index is 0.115. The van der Waals surface area contributed by atoms with E-state index in [0.717, 1.165) is 19.6 Å². The van der Waals surface area contributed by atoms with Gasteiger partial charge in [-0.3, -0.25) is 4.79 Å². The summed E-state index contributed by atoms with van der Waals surface area (Å²) in [5.74, 6) is -1.11. The first-order valence-corrected chi connectivity index (χ1v) is 11.6. The maximum absolute atomic E-state index is 14.9. The SMILES string of the molecule is COC(=O)C1=C(C)N=C2SC=C(CC(=O)NCCN3CCCC3)N2C1c1ccccc1F. The number of ether oxygens (including phenoxy) is 1. The number of hydrogen-bond donors (Lipinski definition) is 1. The Morgan fingerprint density at radius 2 is 2.03 bits per heavy atom. The summed E-state index contributed by atoms with van der Waals surface area (Å²) in [5, 5.41) is 5.44. The smallest absolute Gasteiger partial charge is 0.338 e. The molecule has 1 aromatic carbocycles. The summed E-state index contributed by atoms with van der Waals surface area (Å²) in [5.41, 5.74) is 1.76. The third kappa shape index (κ3) is 4.59. The van der Waals surface area contributed by atoms with E-state index in [4.69, 9.17) is 4.74 Å². The van der Waals surface area contributed by atoms with Crippen molar-refractivity contribution in [2.24, 2.45) is 4.99 Å². The molecular formula is C23H27FN4O3S. The van der Waals surface area contributed by atoms with Crippen LogP contribution in [0.25, 0.3) is 0 Å². The number of carbonyl (C=O) groups excluding carboxylic acids is 2. The van der Waals surface area contributed by atoms with Crippen LogP contribution in [0.15, 0.2) is 51.6 Å². The molecule has 9 heteroatoms. The van der Waals surface area contributed by atoms with Gasteiger partial charge in [0.05, 0.1) is 30.8 Å². The fraction of sp³-hybridized carbons (Fsp3) is 0.435. The van der Waals surface area contributed by atoms with Crippen molar-refractivity contribution in [2.45, 2.75) is 32.2 Å². The highest BCUT2D eigenvalue weighted by Crippen LogP contribution is 2.45. The average Bonchev–Trinajstić information content (AvgIpc) is 3.43.